The van der Waals surface area contributed by atoms with Crippen LogP contribution in [0.25, 0.3) is 0 Å². The van der Waals surface area contributed by atoms with Crippen molar-refractivity contribution in [2.75, 3.05) is 6.54 Å². The Labute approximate surface area is 57.8 Å². The van der Waals surface area contributed by atoms with Crippen molar-refractivity contribution in [1.29, 1.82) is 0 Å². The first-order valence-corrected chi connectivity index (χ1v) is 4.06. The third kappa shape index (κ3) is 1.98. The molecular weight excluding hydrogens is 110 g/mol. The highest BCUT2D eigenvalue weighted by atomic mass is 14.9. The molecule has 1 N–H and O–H groups in total. The van der Waals surface area contributed by atoms with Crippen LogP contribution < -0.4 is 5.32 Å². The smallest absolute Gasteiger partial charge is 0.00700 e. The Balaban J connectivity index is 2.14. The fourth-order valence-corrected chi connectivity index (χ4v) is 1.59. The molecule has 1 aliphatic heterocycles. The lowest BCUT2D eigenvalue weighted by molar-refractivity contribution is 0.537. The summed E-state index contributed by atoms with van der Waals surface area (Å²) in [6.45, 7) is 5.82. The van der Waals surface area contributed by atoms with E-state index in [1.165, 1.54) is 25.8 Å². The van der Waals surface area contributed by atoms with Crippen molar-refractivity contribution in [2.45, 2.75) is 39.2 Å². The lowest BCUT2D eigenvalue weighted by atomic mass is 10.1. The van der Waals surface area contributed by atoms with Gasteiger partial charge in [0.15, 0.2) is 0 Å². The molecule has 0 aromatic rings. The van der Waals surface area contributed by atoms with Crippen molar-refractivity contribution in [3.63, 3.8) is 0 Å². The summed E-state index contributed by atoms with van der Waals surface area (Å²) in [5.74, 6) is 0.918. The minimum Gasteiger partial charge on any atom is -0.314 e. The molecule has 1 fully saturated rings. The summed E-state index contributed by atoms with van der Waals surface area (Å²) >= 11 is 0. The van der Waals surface area contributed by atoms with Gasteiger partial charge in [0.25, 0.3) is 0 Å². The predicted octanol–water partition coefficient (Wildman–Crippen LogP) is 1.78. The van der Waals surface area contributed by atoms with Crippen LogP contribution in [0.15, 0.2) is 0 Å². The Morgan fingerprint density at radius 2 is 2.33 bits per heavy atom. The minimum atomic E-state index is 0.838. The molecule has 0 aliphatic carbocycles. The molecule has 1 heterocycles. The molecule has 0 unspecified atom stereocenters. The highest BCUT2D eigenvalue weighted by Crippen LogP contribution is 2.15. The van der Waals surface area contributed by atoms with Crippen LogP contribution in [-0.2, 0) is 0 Å². The molecule has 1 saturated heterocycles. The number of rotatable bonds is 2. The Morgan fingerprint density at radius 3 is 2.78 bits per heavy atom. The largest absolute Gasteiger partial charge is 0.314 e. The summed E-state index contributed by atoms with van der Waals surface area (Å²) < 4.78 is 0. The summed E-state index contributed by atoms with van der Waals surface area (Å²) in [6.07, 6.45) is 4.09. The first-order chi connectivity index (χ1) is 4.33. The Hall–Kier alpha value is -0.0400. The molecule has 9 heavy (non-hydrogen) atoms. The van der Waals surface area contributed by atoms with Gasteiger partial charge in [-0.3, -0.25) is 0 Å². The summed E-state index contributed by atoms with van der Waals surface area (Å²) in [5, 5.41) is 3.51. The van der Waals surface area contributed by atoms with E-state index in [1.807, 2.05) is 0 Å². The molecule has 0 aromatic heterocycles. The highest BCUT2D eigenvalue weighted by Gasteiger charge is 2.18. The van der Waals surface area contributed by atoms with Crippen molar-refractivity contribution < 1.29 is 0 Å². The molecule has 54 valence electrons. The van der Waals surface area contributed by atoms with Crippen molar-refractivity contribution in [3.8, 4) is 0 Å². The molecular formula is C8H17N. The van der Waals surface area contributed by atoms with Gasteiger partial charge in [-0.1, -0.05) is 20.3 Å². The summed E-state index contributed by atoms with van der Waals surface area (Å²) in [7, 11) is 0. The quantitative estimate of drug-likeness (QED) is 0.596. The van der Waals surface area contributed by atoms with Gasteiger partial charge < -0.3 is 5.32 Å². The van der Waals surface area contributed by atoms with Gasteiger partial charge in [0.1, 0.15) is 0 Å². The second-order valence-electron chi connectivity index (χ2n) is 3.23. The topological polar surface area (TPSA) is 12.0 Å². The molecule has 0 saturated carbocycles. The van der Waals surface area contributed by atoms with Gasteiger partial charge in [-0.05, 0) is 25.3 Å². The van der Waals surface area contributed by atoms with Crippen LogP contribution in [0, 0.1) is 5.92 Å². The SMILES string of the molecule is CCC[C@H]1C[C@H](C)CN1. The third-order valence-corrected chi connectivity index (χ3v) is 2.08. The van der Waals surface area contributed by atoms with Crippen molar-refractivity contribution in [3.05, 3.63) is 0 Å². The molecule has 1 nitrogen and oxygen atoms in total. The fraction of sp³-hybridized carbons (Fsp3) is 1.00. The molecule has 0 bridgehead atoms. The van der Waals surface area contributed by atoms with Crippen molar-refractivity contribution in [2.24, 2.45) is 5.92 Å². The Bertz CT molecular complexity index is 78.6. The maximum Gasteiger partial charge on any atom is 0.00700 e. The van der Waals surface area contributed by atoms with Gasteiger partial charge in [-0.15, -0.1) is 0 Å². The first-order valence-electron chi connectivity index (χ1n) is 4.06. The molecule has 1 heteroatoms. The summed E-state index contributed by atoms with van der Waals surface area (Å²) in [4.78, 5) is 0. The lowest BCUT2D eigenvalue weighted by Crippen LogP contribution is -2.20. The molecule has 1 rings (SSSR count). The van der Waals surface area contributed by atoms with E-state index >= 15 is 0 Å². The molecule has 0 aromatic carbocycles. The molecule has 1 aliphatic rings. The third-order valence-electron chi connectivity index (χ3n) is 2.08. The Kier molecular flexibility index (Phi) is 2.52. The fourth-order valence-electron chi connectivity index (χ4n) is 1.59. The van der Waals surface area contributed by atoms with E-state index in [1.54, 1.807) is 0 Å². The van der Waals surface area contributed by atoms with Gasteiger partial charge in [0.2, 0.25) is 0 Å². The van der Waals surface area contributed by atoms with Gasteiger partial charge in [0, 0.05) is 6.04 Å². The zero-order valence-corrected chi connectivity index (χ0v) is 6.48. The molecule has 0 spiro atoms. The van der Waals surface area contributed by atoms with E-state index in [0.29, 0.717) is 0 Å². The van der Waals surface area contributed by atoms with Crippen LogP contribution in [-0.4, -0.2) is 12.6 Å². The zero-order chi connectivity index (χ0) is 6.69. The molecule has 2 atom stereocenters. The standard InChI is InChI=1S/C8H17N/c1-3-4-8-5-7(2)6-9-8/h7-9H,3-6H2,1-2H3/t7-,8-/m0/s1. The average Bonchev–Trinajstić information content (AvgIpc) is 2.17. The van der Waals surface area contributed by atoms with E-state index < -0.39 is 0 Å². The maximum absolute atomic E-state index is 3.51. The monoisotopic (exact) mass is 127 g/mol. The number of hydrogen-bond acceptors (Lipinski definition) is 1. The van der Waals surface area contributed by atoms with Gasteiger partial charge in [-0.2, -0.15) is 0 Å². The second-order valence-corrected chi connectivity index (χ2v) is 3.23. The first kappa shape index (κ1) is 7.07. The predicted molar refractivity (Wildman–Crippen MR) is 40.5 cm³/mol. The summed E-state index contributed by atoms with van der Waals surface area (Å²) in [6, 6.07) is 0.838. The van der Waals surface area contributed by atoms with E-state index in [4.69, 9.17) is 0 Å². The van der Waals surface area contributed by atoms with Crippen molar-refractivity contribution >= 4 is 0 Å². The second kappa shape index (κ2) is 3.21. The molecule has 0 radical (unpaired) electrons. The number of nitrogens with one attached hydrogen (secondary N) is 1. The lowest BCUT2D eigenvalue weighted by Gasteiger charge is -2.06. The number of hydrogen-bond donors (Lipinski definition) is 1. The van der Waals surface area contributed by atoms with Crippen molar-refractivity contribution in [1.82, 2.24) is 5.32 Å². The highest BCUT2D eigenvalue weighted by molar-refractivity contribution is 4.78. The average molecular weight is 127 g/mol. The van der Waals surface area contributed by atoms with Gasteiger partial charge in [-0.25, -0.2) is 0 Å². The van der Waals surface area contributed by atoms with Crippen LogP contribution in [0.5, 0.6) is 0 Å². The zero-order valence-electron chi connectivity index (χ0n) is 6.48. The van der Waals surface area contributed by atoms with E-state index in [0.717, 1.165) is 12.0 Å². The van der Waals surface area contributed by atoms with E-state index in [2.05, 4.69) is 19.2 Å². The molecule has 0 amide bonds. The van der Waals surface area contributed by atoms with E-state index in [9.17, 15) is 0 Å². The van der Waals surface area contributed by atoms with Gasteiger partial charge >= 0.3 is 0 Å². The van der Waals surface area contributed by atoms with Crippen LogP contribution in [0.4, 0.5) is 0 Å². The normalized spacial score (nSPS) is 35.3. The van der Waals surface area contributed by atoms with Crippen LogP contribution in [0.1, 0.15) is 33.1 Å². The van der Waals surface area contributed by atoms with Crippen LogP contribution >= 0.6 is 0 Å². The van der Waals surface area contributed by atoms with Gasteiger partial charge in [0.05, 0.1) is 0 Å². The van der Waals surface area contributed by atoms with Crippen LogP contribution in [0.3, 0.4) is 0 Å². The summed E-state index contributed by atoms with van der Waals surface area (Å²) in [5.41, 5.74) is 0. The maximum atomic E-state index is 3.51. The van der Waals surface area contributed by atoms with Crippen LogP contribution in [0.2, 0.25) is 0 Å². The Morgan fingerprint density at radius 1 is 1.56 bits per heavy atom. The minimum absolute atomic E-state index is 0.838. The van der Waals surface area contributed by atoms with E-state index in [-0.39, 0.29) is 0 Å².